The van der Waals surface area contributed by atoms with E-state index in [0.29, 0.717) is 16.9 Å². The Hall–Kier alpha value is -3.59. The standard InChI is InChI=1S/C18H15N3O3/c1-12(22)13-3-2-4-16(9-13)21-18(24)14(10-19)11-20-15-5-7-17(23)8-6-15/h2-9,11,20,23H,1H3,(H,21,24)/b14-11-. The highest BCUT2D eigenvalue weighted by Gasteiger charge is 2.10. The number of aromatic hydroxyl groups is 1. The maximum Gasteiger partial charge on any atom is 0.267 e. The van der Waals surface area contributed by atoms with E-state index in [1.807, 2.05) is 6.07 Å². The Labute approximate surface area is 139 Å². The van der Waals surface area contributed by atoms with Crippen LogP contribution in [-0.4, -0.2) is 16.8 Å². The first kappa shape index (κ1) is 16.8. The van der Waals surface area contributed by atoms with Crippen molar-refractivity contribution in [1.82, 2.24) is 0 Å². The summed E-state index contributed by atoms with van der Waals surface area (Å²) in [4.78, 5) is 23.5. The number of hydrogen-bond donors (Lipinski definition) is 3. The lowest BCUT2D eigenvalue weighted by atomic mass is 10.1. The number of hydrogen-bond acceptors (Lipinski definition) is 5. The van der Waals surface area contributed by atoms with Gasteiger partial charge in [0, 0.05) is 23.1 Å². The highest BCUT2D eigenvalue weighted by atomic mass is 16.3. The Kier molecular flexibility index (Phi) is 5.32. The molecule has 2 aromatic carbocycles. The second-order valence-corrected chi connectivity index (χ2v) is 4.95. The number of phenolic OH excluding ortho intramolecular Hbond substituents is 1. The lowest BCUT2D eigenvalue weighted by molar-refractivity contribution is -0.112. The number of carbonyl (C=O) groups excluding carboxylic acids is 2. The van der Waals surface area contributed by atoms with Crippen LogP contribution < -0.4 is 10.6 Å². The first-order valence-electron chi connectivity index (χ1n) is 7.08. The smallest absolute Gasteiger partial charge is 0.267 e. The summed E-state index contributed by atoms with van der Waals surface area (Å²) in [5.74, 6) is -0.589. The monoisotopic (exact) mass is 321 g/mol. The Morgan fingerprint density at radius 1 is 1.12 bits per heavy atom. The summed E-state index contributed by atoms with van der Waals surface area (Å²) in [5.41, 5.74) is 1.39. The van der Waals surface area contributed by atoms with Gasteiger partial charge in [-0.1, -0.05) is 12.1 Å². The molecule has 2 rings (SSSR count). The van der Waals surface area contributed by atoms with Crippen LogP contribution >= 0.6 is 0 Å². The van der Waals surface area contributed by atoms with Crippen LogP contribution in [0.1, 0.15) is 17.3 Å². The fraction of sp³-hybridized carbons (Fsp3) is 0.0556. The molecule has 0 spiro atoms. The number of phenols is 1. The number of anilines is 2. The van der Waals surface area contributed by atoms with Crippen molar-refractivity contribution in [3.05, 3.63) is 65.9 Å². The van der Waals surface area contributed by atoms with Gasteiger partial charge < -0.3 is 15.7 Å². The molecule has 0 heterocycles. The normalized spacial score (nSPS) is 10.6. The summed E-state index contributed by atoms with van der Waals surface area (Å²) in [7, 11) is 0. The molecule has 0 bridgehead atoms. The van der Waals surface area contributed by atoms with Crippen LogP contribution in [0, 0.1) is 11.3 Å². The zero-order valence-corrected chi connectivity index (χ0v) is 12.9. The summed E-state index contributed by atoms with van der Waals surface area (Å²) in [5, 5.41) is 23.7. The largest absolute Gasteiger partial charge is 0.508 e. The van der Waals surface area contributed by atoms with Crippen molar-refractivity contribution in [3.8, 4) is 11.8 Å². The van der Waals surface area contributed by atoms with Crippen LogP contribution in [-0.2, 0) is 4.79 Å². The third-order valence-electron chi connectivity index (χ3n) is 3.14. The highest BCUT2D eigenvalue weighted by Crippen LogP contribution is 2.15. The molecular weight excluding hydrogens is 306 g/mol. The van der Waals surface area contributed by atoms with E-state index in [2.05, 4.69) is 10.6 Å². The van der Waals surface area contributed by atoms with Crippen molar-refractivity contribution in [1.29, 1.82) is 5.26 Å². The number of benzene rings is 2. The number of nitrogens with one attached hydrogen (secondary N) is 2. The van der Waals surface area contributed by atoms with Gasteiger partial charge in [-0.25, -0.2) is 0 Å². The SMILES string of the molecule is CC(=O)c1cccc(NC(=O)/C(C#N)=C\Nc2ccc(O)cc2)c1. The Morgan fingerprint density at radius 3 is 2.46 bits per heavy atom. The fourth-order valence-electron chi connectivity index (χ4n) is 1.88. The molecule has 6 nitrogen and oxygen atoms in total. The molecule has 0 saturated carbocycles. The molecule has 0 aliphatic heterocycles. The number of ketones is 1. The second-order valence-electron chi connectivity index (χ2n) is 4.95. The van der Waals surface area contributed by atoms with E-state index in [1.165, 1.54) is 25.3 Å². The Bertz CT molecular complexity index is 833. The third-order valence-corrected chi connectivity index (χ3v) is 3.14. The summed E-state index contributed by atoms with van der Waals surface area (Å²) in [6.07, 6.45) is 1.27. The zero-order valence-electron chi connectivity index (χ0n) is 12.9. The van der Waals surface area contributed by atoms with Gasteiger partial charge in [0.25, 0.3) is 5.91 Å². The molecule has 0 radical (unpaired) electrons. The summed E-state index contributed by atoms with van der Waals surface area (Å²) in [6, 6.07) is 14.5. The number of rotatable bonds is 5. The summed E-state index contributed by atoms with van der Waals surface area (Å²) >= 11 is 0. The van der Waals surface area contributed by atoms with Crippen LogP contribution in [0.2, 0.25) is 0 Å². The topological polar surface area (TPSA) is 102 Å². The van der Waals surface area contributed by atoms with E-state index in [1.54, 1.807) is 36.4 Å². The molecule has 24 heavy (non-hydrogen) atoms. The van der Waals surface area contributed by atoms with Crippen molar-refractivity contribution in [3.63, 3.8) is 0 Å². The lowest BCUT2D eigenvalue weighted by Gasteiger charge is -2.06. The molecule has 120 valence electrons. The van der Waals surface area contributed by atoms with Crippen LogP contribution in [0.25, 0.3) is 0 Å². The van der Waals surface area contributed by atoms with E-state index >= 15 is 0 Å². The predicted molar refractivity (Wildman–Crippen MR) is 90.5 cm³/mol. The van der Waals surface area contributed by atoms with E-state index in [4.69, 9.17) is 5.26 Å². The minimum absolute atomic E-state index is 0.115. The van der Waals surface area contributed by atoms with E-state index in [0.717, 1.165) is 0 Å². The van der Waals surface area contributed by atoms with Crippen molar-refractivity contribution in [2.75, 3.05) is 10.6 Å². The molecule has 0 aliphatic rings. The van der Waals surface area contributed by atoms with Crippen LogP contribution in [0.5, 0.6) is 5.75 Å². The van der Waals surface area contributed by atoms with Gasteiger partial charge >= 0.3 is 0 Å². The van der Waals surface area contributed by atoms with E-state index < -0.39 is 5.91 Å². The summed E-state index contributed by atoms with van der Waals surface area (Å²) in [6.45, 7) is 1.43. The van der Waals surface area contributed by atoms with E-state index in [-0.39, 0.29) is 17.1 Å². The quantitative estimate of drug-likeness (QED) is 0.340. The maximum absolute atomic E-state index is 12.1. The molecule has 0 fully saturated rings. The highest BCUT2D eigenvalue weighted by molar-refractivity contribution is 6.07. The van der Waals surface area contributed by atoms with Crippen LogP contribution in [0.15, 0.2) is 60.3 Å². The minimum Gasteiger partial charge on any atom is -0.508 e. The molecule has 0 aromatic heterocycles. The number of Topliss-reactive ketones (excluding diaryl/α,β-unsaturated/α-hetero) is 1. The lowest BCUT2D eigenvalue weighted by Crippen LogP contribution is -2.14. The second kappa shape index (κ2) is 7.61. The number of nitriles is 1. The minimum atomic E-state index is -0.593. The maximum atomic E-state index is 12.1. The van der Waals surface area contributed by atoms with Crippen molar-refractivity contribution in [2.45, 2.75) is 6.92 Å². The van der Waals surface area contributed by atoms with Crippen LogP contribution in [0.4, 0.5) is 11.4 Å². The zero-order chi connectivity index (χ0) is 17.5. The van der Waals surface area contributed by atoms with Gasteiger partial charge in [-0.05, 0) is 43.3 Å². The Morgan fingerprint density at radius 2 is 1.83 bits per heavy atom. The van der Waals surface area contributed by atoms with Gasteiger partial charge in [-0.2, -0.15) is 5.26 Å². The average Bonchev–Trinajstić information content (AvgIpc) is 2.57. The molecular formula is C18H15N3O3. The predicted octanol–water partition coefficient (Wildman–Crippen LogP) is 3.05. The number of nitrogens with zero attached hydrogens (tertiary/aromatic N) is 1. The molecule has 0 atom stereocenters. The summed E-state index contributed by atoms with van der Waals surface area (Å²) < 4.78 is 0. The van der Waals surface area contributed by atoms with Gasteiger partial charge in [0.15, 0.2) is 5.78 Å². The molecule has 6 heteroatoms. The van der Waals surface area contributed by atoms with Crippen molar-refractivity contribution < 1.29 is 14.7 Å². The molecule has 0 unspecified atom stereocenters. The number of amides is 1. The van der Waals surface area contributed by atoms with Crippen LogP contribution in [0.3, 0.4) is 0 Å². The molecule has 0 aliphatic carbocycles. The first-order valence-corrected chi connectivity index (χ1v) is 7.08. The van der Waals surface area contributed by atoms with Gasteiger partial charge in [0.05, 0.1) is 0 Å². The van der Waals surface area contributed by atoms with Gasteiger partial charge in [-0.3, -0.25) is 9.59 Å². The van der Waals surface area contributed by atoms with Crippen molar-refractivity contribution >= 4 is 23.1 Å². The molecule has 3 N–H and O–H groups in total. The third kappa shape index (κ3) is 4.45. The van der Waals surface area contributed by atoms with Crippen molar-refractivity contribution in [2.24, 2.45) is 0 Å². The Balaban J connectivity index is 2.10. The first-order chi connectivity index (χ1) is 11.5. The molecule has 2 aromatic rings. The number of carbonyl (C=O) groups is 2. The fourth-order valence-corrected chi connectivity index (χ4v) is 1.88. The molecule has 0 saturated heterocycles. The van der Waals surface area contributed by atoms with Gasteiger partial charge in [0.1, 0.15) is 17.4 Å². The van der Waals surface area contributed by atoms with Gasteiger partial charge in [0.2, 0.25) is 0 Å². The average molecular weight is 321 g/mol. The van der Waals surface area contributed by atoms with E-state index in [9.17, 15) is 14.7 Å². The molecule has 1 amide bonds. The van der Waals surface area contributed by atoms with Gasteiger partial charge in [-0.15, -0.1) is 0 Å².